The molecule has 0 saturated heterocycles. The van der Waals surface area contributed by atoms with E-state index in [9.17, 15) is 9.59 Å². The molecule has 0 unspecified atom stereocenters. The second-order valence-corrected chi connectivity index (χ2v) is 4.14. The second-order valence-electron chi connectivity index (χ2n) is 3.71. The Hall–Kier alpha value is -2.14. The zero-order chi connectivity index (χ0) is 13.1. The Bertz CT molecular complexity index is 652. The number of H-pyrrole nitrogens is 1. The van der Waals surface area contributed by atoms with E-state index in [1.54, 1.807) is 18.2 Å². The van der Waals surface area contributed by atoms with Crippen molar-refractivity contribution in [2.75, 3.05) is 5.32 Å². The van der Waals surface area contributed by atoms with Crippen LogP contribution in [0.25, 0.3) is 0 Å². The first-order valence-corrected chi connectivity index (χ1v) is 5.56. The molecule has 1 aromatic carbocycles. The Labute approximate surface area is 108 Å². The predicted molar refractivity (Wildman–Crippen MR) is 69.0 cm³/mol. The SMILES string of the molecule is Cc1cc(Cl)ccc1NC(=O)c1cnc[nH]c1=O. The van der Waals surface area contributed by atoms with E-state index in [0.29, 0.717) is 10.7 Å². The summed E-state index contributed by atoms with van der Waals surface area (Å²) in [6.45, 7) is 1.81. The van der Waals surface area contributed by atoms with Crippen molar-refractivity contribution < 1.29 is 4.79 Å². The van der Waals surface area contributed by atoms with E-state index in [1.165, 1.54) is 12.5 Å². The smallest absolute Gasteiger partial charge is 0.263 e. The Morgan fingerprint density at radius 2 is 2.22 bits per heavy atom. The summed E-state index contributed by atoms with van der Waals surface area (Å²) in [6, 6.07) is 5.07. The molecule has 2 rings (SSSR count). The maximum absolute atomic E-state index is 11.9. The Kier molecular flexibility index (Phi) is 3.43. The Morgan fingerprint density at radius 1 is 1.44 bits per heavy atom. The van der Waals surface area contributed by atoms with Crippen LogP contribution in [0.15, 0.2) is 35.5 Å². The average molecular weight is 264 g/mol. The molecule has 0 aliphatic heterocycles. The van der Waals surface area contributed by atoms with Crippen molar-refractivity contribution in [2.24, 2.45) is 0 Å². The molecule has 0 aliphatic rings. The summed E-state index contributed by atoms with van der Waals surface area (Å²) in [5.41, 5.74) is 0.907. The molecule has 0 spiro atoms. The van der Waals surface area contributed by atoms with Gasteiger partial charge in [0.2, 0.25) is 0 Å². The molecule has 6 heteroatoms. The molecule has 92 valence electrons. The number of rotatable bonds is 2. The van der Waals surface area contributed by atoms with Crippen molar-refractivity contribution in [3.8, 4) is 0 Å². The van der Waals surface area contributed by atoms with Gasteiger partial charge in [-0.05, 0) is 30.7 Å². The predicted octanol–water partition coefficient (Wildman–Crippen LogP) is 1.98. The van der Waals surface area contributed by atoms with E-state index in [0.717, 1.165) is 5.56 Å². The summed E-state index contributed by atoms with van der Waals surface area (Å²) >= 11 is 5.82. The number of amides is 1. The van der Waals surface area contributed by atoms with Crippen molar-refractivity contribution in [1.29, 1.82) is 0 Å². The summed E-state index contributed by atoms with van der Waals surface area (Å²) in [7, 11) is 0. The first-order valence-electron chi connectivity index (χ1n) is 5.18. The summed E-state index contributed by atoms with van der Waals surface area (Å²) in [6.07, 6.45) is 2.45. The number of hydrogen-bond acceptors (Lipinski definition) is 3. The molecule has 0 aliphatic carbocycles. The van der Waals surface area contributed by atoms with Crippen LogP contribution >= 0.6 is 11.6 Å². The molecule has 1 heterocycles. The van der Waals surface area contributed by atoms with E-state index < -0.39 is 11.5 Å². The third-order valence-electron chi connectivity index (χ3n) is 2.40. The zero-order valence-corrected chi connectivity index (χ0v) is 10.3. The van der Waals surface area contributed by atoms with E-state index in [1.807, 2.05) is 6.92 Å². The average Bonchev–Trinajstić information content (AvgIpc) is 2.33. The minimum Gasteiger partial charge on any atom is -0.322 e. The zero-order valence-electron chi connectivity index (χ0n) is 9.53. The van der Waals surface area contributed by atoms with Crippen molar-refractivity contribution >= 4 is 23.2 Å². The van der Waals surface area contributed by atoms with Gasteiger partial charge in [-0.2, -0.15) is 0 Å². The van der Waals surface area contributed by atoms with E-state index in [-0.39, 0.29) is 5.56 Å². The van der Waals surface area contributed by atoms with Gasteiger partial charge in [0.25, 0.3) is 11.5 Å². The monoisotopic (exact) mass is 263 g/mol. The van der Waals surface area contributed by atoms with Gasteiger partial charge in [0.05, 0.1) is 6.33 Å². The number of hydrogen-bond donors (Lipinski definition) is 2. The fraction of sp³-hybridized carbons (Fsp3) is 0.0833. The summed E-state index contributed by atoms with van der Waals surface area (Å²) in [5.74, 6) is -0.505. The number of halogens is 1. The highest BCUT2D eigenvalue weighted by molar-refractivity contribution is 6.30. The van der Waals surface area contributed by atoms with Crippen molar-refractivity contribution in [3.63, 3.8) is 0 Å². The minimum absolute atomic E-state index is 0.0353. The lowest BCUT2D eigenvalue weighted by Crippen LogP contribution is -2.23. The minimum atomic E-state index is -0.505. The van der Waals surface area contributed by atoms with Gasteiger partial charge in [-0.25, -0.2) is 4.98 Å². The second kappa shape index (κ2) is 5.01. The molecular weight excluding hydrogens is 254 g/mol. The van der Waals surface area contributed by atoms with Crippen molar-refractivity contribution in [1.82, 2.24) is 9.97 Å². The number of anilines is 1. The third-order valence-corrected chi connectivity index (χ3v) is 2.63. The quantitative estimate of drug-likeness (QED) is 0.870. The number of nitrogens with one attached hydrogen (secondary N) is 2. The number of aromatic amines is 1. The number of benzene rings is 1. The molecule has 2 N–H and O–H groups in total. The van der Waals surface area contributed by atoms with Crippen LogP contribution in [0.2, 0.25) is 5.02 Å². The van der Waals surface area contributed by atoms with Crippen LogP contribution < -0.4 is 10.9 Å². The summed E-state index contributed by atoms with van der Waals surface area (Å²) in [5, 5.41) is 3.22. The van der Waals surface area contributed by atoms with Crippen LogP contribution in [-0.2, 0) is 0 Å². The molecule has 2 aromatic rings. The molecule has 1 amide bonds. The molecule has 18 heavy (non-hydrogen) atoms. The lowest BCUT2D eigenvalue weighted by Gasteiger charge is -2.07. The lowest BCUT2D eigenvalue weighted by atomic mass is 10.2. The molecule has 0 bridgehead atoms. The van der Waals surface area contributed by atoms with Crippen LogP contribution in [0.1, 0.15) is 15.9 Å². The number of aryl methyl sites for hydroxylation is 1. The van der Waals surface area contributed by atoms with Gasteiger partial charge in [0.1, 0.15) is 5.56 Å². The van der Waals surface area contributed by atoms with Gasteiger partial charge in [-0.3, -0.25) is 9.59 Å². The van der Waals surface area contributed by atoms with Gasteiger partial charge in [0.15, 0.2) is 0 Å². The largest absolute Gasteiger partial charge is 0.322 e. The molecular formula is C12H10ClN3O2. The van der Waals surface area contributed by atoms with E-state index in [4.69, 9.17) is 11.6 Å². The van der Waals surface area contributed by atoms with Gasteiger partial charge < -0.3 is 10.3 Å². The van der Waals surface area contributed by atoms with E-state index in [2.05, 4.69) is 15.3 Å². The number of carbonyl (C=O) groups excluding carboxylic acids is 1. The molecule has 0 atom stereocenters. The Balaban J connectivity index is 2.27. The van der Waals surface area contributed by atoms with E-state index >= 15 is 0 Å². The topological polar surface area (TPSA) is 74.8 Å². The van der Waals surface area contributed by atoms with Gasteiger partial charge in [-0.15, -0.1) is 0 Å². The molecule has 0 saturated carbocycles. The highest BCUT2D eigenvalue weighted by atomic mass is 35.5. The highest BCUT2D eigenvalue weighted by Gasteiger charge is 2.11. The third kappa shape index (κ3) is 2.57. The Morgan fingerprint density at radius 3 is 2.89 bits per heavy atom. The fourth-order valence-electron chi connectivity index (χ4n) is 1.46. The maximum Gasteiger partial charge on any atom is 0.263 e. The summed E-state index contributed by atoms with van der Waals surface area (Å²) < 4.78 is 0. The normalized spacial score (nSPS) is 10.1. The van der Waals surface area contributed by atoms with Crippen molar-refractivity contribution in [3.05, 3.63) is 57.2 Å². The standard InChI is InChI=1S/C12H10ClN3O2/c1-7-4-8(13)2-3-10(7)16-12(18)9-5-14-6-15-11(9)17/h2-6H,1H3,(H,16,18)(H,14,15,17). The highest BCUT2D eigenvalue weighted by Crippen LogP contribution is 2.19. The summed E-state index contributed by atoms with van der Waals surface area (Å²) in [4.78, 5) is 29.3. The van der Waals surface area contributed by atoms with Crippen LogP contribution in [0, 0.1) is 6.92 Å². The van der Waals surface area contributed by atoms with Gasteiger partial charge in [0, 0.05) is 16.9 Å². The molecule has 1 aromatic heterocycles. The molecule has 0 radical (unpaired) electrons. The molecule has 5 nitrogen and oxygen atoms in total. The number of carbonyl (C=O) groups is 1. The first-order chi connectivity index (χ1) is 8.58. The lowest BCUT2D eigenvalue weighted by molar-refractivity contribution is 0.102. The first kappa shape index (κ1) is 12.3. The van der Waals surface area contributed by atoms with Crippen LogP contribution in [0.3, 0.4) is 0 Å². The molecule has 0 fully saturated rings. The number of nitrogens with zero attached hydrogens (tertiary/aromatic N) is 1. The van der Waals surface area contributed by atoms with Crippen LogP contribution in [0.5, 0.6) is 0 Å². The van der Waals surface area contributed by atoms with Crippen molar-refractivity contribution in [2.45, 2.75) is 6.92 Å². The van der Waals surface area contributed by atoms with Crippen LogP contribution in [-0.4, -0.2) is 15.9 Å². The van der Waals surface area contributed by atoms with Crippen LogP contribution in [0.4, 0.5) is 5.69 Å². The fourth-order valence-corrected chi connectivity index (χ4v) is 1.69. The maximum atomic E-state index is 11.9. The van der Waals surface area contributed by atoms with Gasteiger partial charge >= 0.3 is 0 Å². The van der Waals surface area contributed by atoms with Gasteiger partial charge in [-0.1, -0.05) is 11.6 Å². The number of aromatic nitrogens is 2.